The first-order valence-electron chi connectivity index (χ1n) is 8.49. The molecule has 5 nitrogen and oxygen atoms in total. The van der Waals surface area contributed by atoms with Crippen molar-refractivity contribution in [3.05, 3.63) is 34.6 Å². The molecule has 0 aromatic heterocycles. The average molecular weight is 332 g/mol. The number of carbonyl (C=O) groups is 2. The Bertz CT molecular complexity index is 628. The van der Waals surface area contributed by atoms with Crippen molar-refractivity contribution >= 4 is 12.3 Å². The Morgan fingerprint density at radius 3 is 2.83 bits per heavy atom. The maximum Gasteiger partial charge on any atom is 0.336 e. The number of hydrogen-bond acceptors (Lipinski definition) is 5. The molecule has 24 heavy (non-hydrogen) atoms. The molecular weight excluding hydrogens is 308 g/mol. The molecule has 2 aliphatic carbocycles. The third-order valence-electron chi connectivity index (χ3n) is 5.28. The second-order valence-electron chi connectivity index (χ2n) is 6.81. The maximum absolute atomic E-state index is 11.6. The van der Waals surface area contributed by atoms with Crippen LogP contribution in [0.2, 0.25) is 0 Å². The van der Waals surface area contributed by atoms with E-state index in [1.54, 1.807) is 20.1 Å². The van der Waals surface area contributed by atoms with Crippen LogP contribution in [0.5, 0.6) is 0 Å². The molecule has 1 aliphatic heterocycles. The molecular formula is C19H24O5. The van der Waals surface area contributed by atoms with Crippen LogP contribution in [0.3, 0.4) is 0 Å². The van der Waals surface area contributed by atoms with E-state index >= 15 is 0 Å². The van der Waals surface area contributed by atoms with Crippen molar-refractivity contribution in [1.29, 1.82) is 0 Å². The van der Waals surface area contributed by atoms with Crippen LogP contribution < -0.4 is 0 Å². The van der Waals surface area contributed by atoms with Crippen molar-refractivity contribution < 1.29 is 23.8 Å². The van der Waals surface area contributed by atoms with E-state index in [-0.39, 0.29) is 18.0 Å². The first-order valence-corrected chi connectivity index (χ1v) is 8.49. The third kappa shape index (κ3) is 3.05. The van der Waals surface area contributed by atoms with Crippen LogP contribution in [0.1, 0.15) is 39.5 Å². The zero-order chi connectivity index (χ0) is 17.3. The monoisotopic (exact) mass is 332 g/mol. The Hall–Kier alpha value is -1.88. The molecule has 0 fully saturated rings. The van der Waals surface area contributed by atoms with Crippen LogP contribution in [-0.4, -0.2) is 31.8 Å². The van der Waals surface area contributed by atoms with Gasteiger partial charge in [0.2, 0.25) is 0 Å². The fourth-order valence-electron chi connectivity index (χ4n) is 4.06. The Morgan fingerprint density at radius 1 is 1.42 bits per heavy atom. The van der Waals surface area contributed by atoms with Gasteiger partial charge in [-0.1, -0.05) is 12.5 Å². The SMILES string of the molecule is COC1C2=C(CCCC2C)CC1/C(C=O)=C\OC1C=C(C)C(=O)O1. The maximum atomic E-state index is 11.6. The molecule has 0 saturated heterocycles. The lowest BCUT2D eigenvalue weighted by Crippen LogP contribution is -2.26. The van der Waals surface area contributed by atoms with E-state index in [1.165, 1.54) is 30.2 Å². The Kier molecular flexibility index (Phi) is 4.90. The predicted molar refractivity (Wildman–Crippen MR) is 87.8 cm³/mol. The highest BCUT2D eigenvalue weighted by atomic mass is 16.7. The van der Waals surface area contributed by atoms with E-state index < -0.39 is 6.29 Å². The first-order chi connectivity index (χ1) is 11.5. The standard InChI is InChI=1S/C19H24O5/c1-11-5-4-6-13-8-15(18(22-3)17(11)13)14(9-20)10-23-16-7-12(2)19(21)24-16/h7,9-11,15-16,18H,4-6,8H2,1-3H3/b14-10-. The quantitative estimate of drug-likeness (QED) is 0.255. The molecule has 0 N–H and O–H groups in total. The number of ether oxygens (including phenoxy) is 3. The van der Waals surface area contributed by atoms with Crippen molar-refractivity contribution in [2.24, 2.45) is 11.8 Å². The number of esters is 1. The lowest BCUT2D eigenvalue weighted by Gasteiger charge is -2.27. The Labute approximate surface area is 142 Å². The highest BCUT2D eigenvalue weighted by molar-refractivity contribution is 5.90. The van der Waals surface area contributed by atoms with Crippen molar-refractivity contribution in [3.63, 3.8) is 0 Å². The first kappa shape index (κ1) is 17.0. The van der Waals surface area contributed by atoms with Gasteiger partial charge in [0.05, 0.1) is 12.4 Å². The number of allylic oxidation sites excluding steroid dienone is 1. The summed E-state index contributed by atoms with van der Waals surface area (Å²) in [6.45, 7) is 3.91. The minimum absolute atomic E-state index is 0.0276. The molecule has 4 atom stereocenters. The number of rotatable bonds is 5. The minimum Gasteiger partial charge on any atom is -0.458 e. The summed E-state index contributed by atoms with van der Waals surface area (Å²) < 4.78 is 16.3. The van der Waals surface area contributed by atoms with E-state index in [1.807, 2.05) is 0 Å². The molecule has 130 valence electrons. The molecule has 0 radical (unpaired) electrons. The molecule has 0 aromatic carbocycles. The van der Waals surface area contributed by atoms with Crippen LogP contribution in [0.25, 0.3) is 0 Å². The molecule has 0 spiro atoms. The van der Waals surface area contributed by atoms with Gasteiger partial charge in [0.15, 0.2) is 0 Å². The second kappa shape index (κ2) is 6.93. The van der Waals surface area contributed by atoms with E-state index in [0.717, 1.165) is 19.1 Å². The van der Waals surface area contributed by atoms with Crippen molar-refractivity contribution in [2.45, 2.75) is 51.9 Å². The fourth-order valence-corrected chi connectivity index (χ4v) is 4.06. The van der Waals surface area contributed by atoms with Crippen LogP contribution >= 0.6 is 0 Å². The van der Waals surface area contributed by atoms with Gasteiger partial charge in [0.1, 0.15) is 6.29 Å². The van der Waals surface area contributed by atoms with E-state index in [2.05, 4.69) is 6.92 Å². The van der Waals surface area contributed by atoms with Gasteiger partial charge in [-0.05, 0) is 44.1 Å². The van der Waals surface area contributed by atoms with Crippen molar-refractivity contribution in [3.8, 4) is 0 Å². The summed E-state index contributed by atoms with van der Waals surface area (Å²) in [7, 11) is 1.70. The summed E-state index contributed by atoms with van der Waals surface area (Å²) in [5.74, 6) is 0.0850. The molecule has 5 heteroatoms. The van der Waals surface area contributed by atoms with Gasteiger partial charge in [0.25, 0.3) is 6.29 Å². The van der Waals surface area contributed by atoms with Gasteiger partial charge in [0, 0.05) is 30.2 Å². The largest absolute Gasteiger partial charge is 0.458 e. The highest BCUT2D eigenvalue weighted by Gasteiger charge is 2.40. The van der Waals surface area contributed by atoms with Gasteiger partial charge >= 0.3 is 5.97 Å². The van der Waals surface area contributed by atoms with Crippen molar-refractivity contribution in [2.75, 3.05) is 7.11 Å². The van der Waals surface area contributed by atoms with Crippen LogP contribution in [0, 0.1) is 11.8 Å². The number of cyclic esters (lactones) is 1. The van der Waals surface area contributed by atoms with E-state index in [4.69, 9.17) is 14.2 Å². The summed E-state index contributed by atoms with van der Waals surface area (Å²) in [4.78, 5) is 23.0. The Morgan fingerprint density at radius 2 is 2.21 bits per heavy atom. The third-order valence-corrected chi connectivity index (χ3v) is 5.28. The topological polar surface area (TPSA) is 61.8 Å². The number of aldehydes is 1. The van der Waals surface area contributed by atoms with Crippen LogP contribution in [0.4, 0.5) is 0 Å². The number of methoxy groups -OCH3 is 1. The molecule has 0 saturated carbocycles. The zero-order valence-corrected chi connectivity index (χ0v) is 14.4. The lowest BCUT2D eigenvalue weighted by atomic mass is 9.84. The van der Waals surface area contributed by atoms with Gasteiger partial charge in [-0.3, -0.25) is 4.79 Å². The predicted octanol–water partition coefficient (Wildman–Crippen LogP) is 3.07. The summed E-state index contributed by atoms with van der Waals surface area (Å²) in [6.07, 6.45) is 7.33. The van der Waals surface area contributed by atoms with E-state index in [9.17, 15) is 9.59 Å². The van der Waals surface area contributed by atoms with E-state index in [0.29, 0.717) is 17.1 Å². The normalized spacial score (nSPS) is 33.2. The fraction of sp³-hybridized carbons (Fsp3) is 0.579. The molecule has 3 rings (SSSR count). The number of hydrogen-bond donors (Lipinski definition) is 0. The van der Waals surface area contributed by atoms with Crippen molar-refractivity contribution in [1.82, 2.24) is 0 Å². The molecule has 1 heterocycles. The zero-order valence-electron chi connectivity index (χ0n) is 14.4. The lowest BCUT2D eigenvalue weighted by molar-refractivity contribution is -0.152. The van der Waals surface area contributed by atoms with Gasteiger partial charge in [-0.2, -0.15) is 0 Å². The second-order valence-corrected chi connectivity index (χ2v) is 6.81. The summed E-state index contributed by atoms with van der Waals surface area (Å²) in [5, 5.41) is 0. The molecule has 0 amide bonds. The molecule has 0 aromatic rings. The average Bonchev–Trinajstić information content (AvgIpc) is 3.09. The molecule has 3 aliphatic rings. The van der Waals surface area contributed by atoms with Crippen LogP contribution in [-0.2, 0) is 23.8 Å². The number of carbonyl (C=O) groups excluding carboxylic acids is 2. The smallest absolute Gasteiger partial charge is 0.336 e. The molecule has 4 unspecified atom stereocenters. The van der Waals surface area contributed by atoms with Gasteiger partial charge in [-0.25, -0.2) is 4.79 Å². The van der Waals surface area contributed by atoms with Gasteiger partial charge < -0.3 is 14.2 Å². The Balaban J connectivity index is 1.75. The summed E-state index contributed by atoms with van der Waals surface area (Å²) in [6, 6.07) is 0. The minimum atomic E-state index is -0.753. The summed E-state index contributed by atoms with van der Waals surface area (Å²) in [5.41, 5.74) is 3.87. The molecule has 0 bridgehead atoms. The van der Waals surface area contributed by atoms with Crippen LogP contribution in [0.15, 0.2) is 34.6 Å². The highest BCUT2D eigenvalue weighted by Crippen LogP contribution is 2.46. The summed E-state index contributed by atoms with van der Waals surface area (Å²) >= 11 is 0. The van der Waals surface area contributed by atoms with Gasteiger partial charge in [-0.15, -0.1) is 0 Å².